The van der Waals surface area contributed by atoms with Crippen molar-refractivity contribution in [3.05, 3.63) is 54.3 Å². The summed E-state index contributed by atoms with van der Waals surface area (Å²) >= 11 is 0. The fourth-order valence-corrected chi connectivity index (χ4v) is 4.08. The molecule has 7 heteroatoms. The first kappa shape index (κ1) is 15.8. The van der Waals surface area contributed by atoms with Gasteiger partial charge in [-0.15, -0.1) is 0 Å². The van der Waals surface area contributed by atoms with Crippen LogP contribution in [-0.2, 0) is 10.0 Å². The maximum Gasteiger partial charge on any atom is 0.243 e. The quantitative estimate of drug-likeness (QED) is 0.932. The average Bonchev–Trinajstić information content (AvgIpc) is 2.56. The molecule has 0 radical (unpaired) electrons. The first-order chi connectivity index (χ1) is 11.0. The number of rotatable bonds is 3. The number of hydrogen-bond donors (Lipinski definition) is 1. The fraction of sp³-hybridized carbons (Fsp3) is 0.250. The SMILES string of the molecule is O=S(=O)(c1ccc(F)cc1)N1CCN(c2ccccc2O)CC1. The van der Waals surface area contributed by atoms with Crippen molar-refractivity contribution < 1.29 is 17.9 Å². The molecular formula is C16H17FN2O3S. The number of phenolic OH excluding ortho intramolecular Hbond substituents is 1. The molecule has 0 spiro atoms. The highest BCUT2D eigenvalue weighted by atomic mass is 32.2. The normalized spacial score (nSPS) is 16.5. The summed E-state index contributed by atoms with van der Waals surface area (Å²) in [5, 5.41) is 9.88. The van der Waals surface area contributed by atoms with E-state index in [4.69, 9.17) is 0 Å². The van der Waals surface area contributed by atoms with Crippen molar-refractivity contribution in [2.24, 2.45) is 0 Å². The van der Waals surface area contributed by atoms with E-state index in [1.807, 2.05) is 11.0 Å². The summed E-state index contributed by atoms with van der Waals surface area (Å²) in [5.74, 6) is -0.282. The number of nitrogens with zero attached hydrogens (tertiary/aromatic N) is 2. The highest BCUT2D eigenvalue weighted by Crippen LogP contribution is 2.28. The minimum atomic E-state index is -3.62. The van der Waals surface area contributed by atoms with Gasteiger partial charge in [0.05, 0.1) is 10.6 Å². The summed E-state index contributed by atoms with van der Waals surface area (Å²) in [6.07, 6.45) is 0. The number of benzene rings is 2. The van der Waals surface area contributed by atoms with Gasteiger partial charge < -0.3 is 10.0 Å². The van der Waals surface area contributed by atoms with Crippen LogP contribution < -0.4 is 4.90 Å². The van der Waals surface area contributed by atoms with E-state index in [2.05, 4.69) is 0 Å². The van der Waals surface area contributed by atoms with Crippen molar-refractivity contribution in [3.8, 4) is 5.75 Å². The van der Waals surface area contributed by atoms with Gasteiger partial charge in [-0.3, -0.25) is 0 Å². The Hall–Kier alpha value is -2.12. The number of piperazine rings is 1. The molecule has 1 N–H and O–H groups in total. The van der Waals surface area contributed by atoms with E-state index in [1.165, 1.54) is 16.4 Å². The van der Waals surface area contributed by atoms with Crippen LogP contribution in [0.1, 0.15) is 0 Å². The lowest BCUT2D eigenvalue weighted by atomic mass is 10.2. The Morgan fingerprint density at radius 2 is 1.52 bits per heavy atom. The third-order valence-electron chi connectivity index (χ3n) is 3.91. The molecule has 0 bridgehead atoms. The number of hydrogen-bond acceptors (Lipinski definition) is 4. The topological polar surface area (TPSA) is 60.9 Å². The van der Waals surface area contributed by atoms with Gasteiger partial charge >= 0.3 is 0 Å². The third-order valence-corrected chi connectivity index (χ3v) is 5.83. The minimum absolute atomic E-state index is 0.0925. The Morgan fingerprint density at radius 1 is 0.913 bits per heavy atom. The number of sulfonamides is 1. The van der Waals surface area contributed by atoms with Crippen molar-refractivity contribution >= 4 is 15.7 Å². The lowest BCUT2D eigenvalue weighted by Gasteiger charge is -2.35. The van der Waals surface area contributed by atoms with Crippen LogP contribution in [0.15, 0.2) is 53.4 Å². The molecular weight excluding hydrogens is 319 g/mol. The van der Waals surface area contributed by atoms with E-state index in [9.17, 15) is 17.9 Å². The standard InChI is InChI=1S/C16H17FN2O3S/c17-13-5-7-14(8-6-13)23(21,22)19-11-9-18(10-12-19)15-3-1-2-4-16(15)20/h1-8,20H,9-12H2. The van der Waals surface area contributed by atoms with Gasteiger partial charge in [-0.2, -0.15) is 4.31 Å². The number of phenols is 1. The Morgan fingerprint density at radius 3 is 2.13 bits per heavy atom. The first-order valence-corrected chi connectivity index (χ1v) is 8.71. The molecule has 23 heavy (non-hydrogen) atoms. The Bertz CT molecular complexity index is 785. The fourth-order valence-electron chi connectivity index (χ4n) is 2.66. The summed E-state index contributed by atoms with van der Waals surface area (Å²) in [6.45, 7) is 1.60. The Kier molecular flexibility index (Phi) is 4.23. The van der Waals surface area contributed by atoms with E-state index < -0.39 is 15.8 Å². The van der Waals surface area contributed by atoms with Crippen molar-refractivity contribution in [2.75, 3.05) is 31.1 Å². The molecule has 0 atom stereocenters. The van der Waals surface area contributed by atoms with Crippen LogP contribution in [0.4, 0.5) is 10.1 Å². The van der Waals surface area contributed by atoms with Gasteiger partial charge in [-0.25, -0.2) is 12.8 Å². The van der Waals surface area contributed by atoms with Crippen molar-refractivity contribution in [1.82, 2.24) is 4.31 Å². The highest BCUT2D eigenvalue weighted by Gasteiger charge is 2.29. The summed E-state index contributed by atoms with van der Waals surface area (Å²) in [4.78, 5) is 2.04. The van der Waals surface area contributed by atoms with Crippen molar-refractivity contribution in [2.45, 2.75) is 4.90 Å². The second-order valence-electron chi connectivity index (χ2n) is 5.33. The Balaban J connectivity index is 1.74. The zero-order valence-corrected chi connectivity index (χ0v) is 13.2. The first-order valence-electron chi connectivity index (χ1n) is 7.27. The molecule has 1 aliphatic heterocycles. The van der Waals surface area contributed by atoms with Crippen LogP contribution in [0.25, 0.3) is 0 Å². The third kappa shape index (κ3) is 3.16. The van der Waals surface area contributed by atoms with E-state index >= 15 is 0 Å². The number of para-hydroxylation sites is 2. The molecule has 0 amide bonds. The summed E-state index contributed by atoms with van der Waals surface area (Å²) in [7, 11) is -3.62. The molecule has 0 saturated carbocycles. The van der Waals surface area contributed by atoms with E-state index in [0.29, 0.717) is 31.9 Å². The predicted octanol–water partition coefficient (Wildman–Crippen LogP) is 2.04. The van der Waals surface area contributed by atoms with Crippen LogP contribution in [0, 0.1) is 5.82 Å². The second kappa shape index (κ2) is 6.17. The maximum atomic E-state index is 13.0. The van der Waals surface area contributed by atoms with Gasteiger partial charge in [0.15, 0.2) is 0 Å². The van der Waals surface area contributed by atoms with Crippen molar-refractivity contribution in [3.63, 3.8) is 0 Å². The molecule has 0 unspecified atom stereocenters. The molecule has 1 aliphatic rings. The van der Waals surface area contributed by atoms with Crippen molar-refractivity contribution in [1.29, 1.82) is 0 Å². The molecule has 3 rings (SSSR count). The molecule has 5 nitrogen and oxygen atoms in total. The molecule has 2 aromatic rings. The summed E-state index contributed by atoms with van der Waals surface area (Å²) < 4.78 is 39.4. The Labute approximate surface area is 134 Å². The highest BCUT2D eigenvalue weighted by molar-refractivity contribution is 7.89. The van der Waals surface area contributed by atoms with Gasteiger partial charge in [-0.1, -0.05) is 12.1 Å². The molecule has 2 aromatic carbocycles. The molecule has 0 aliphatic carbocycles. The lowest BCUT2D eigenvalue weighted by Crippen LogP contribution is -2.48. The predicted molar refractivity (Wildman–Crippen MR) is 85.5 cm³/mol. The van der Waals surface area contributed by atoms with Gasteiger partial charge in [0.25, 0.3) is 0 Å². The lowest BCUT2D eigenvalue weighted by molar-refractivity contribution is 0.382. The summed E-state index contributed by atoms with van der Waals surface area (Å²) in [6, 6.07) is 11.8. The molecule has 1 heterocycles. The summed E-state index contributed by atoms with van der Waals surface area (Å²) in [5.41, 5.74) is 0.700. The molecule has 1 saturated heterocycles. The monoisotopic (exact) mass is 336 g/mol. The van der Waals surface area contributed by atoms with Crippen LogP contribution >= 0.6 is 0 Å². The van der Waals surface area contributed by atoms with Crippen LogP contribution in [0.2, 0.25) is 0 Å². The van der Waals surface area contributed by atoms with Crippen LogP contribution in [-0.4, -0.2) is 44.0 Å². The van der Waals surface area contributed by atoms with Crippen LogP contribution in [0.5, 0.6) is 5.75 Å². The van der Waals surface area contributed by atoms with Gasteiger partial charge in [-0.05, 0) is 36.4 Å². The van der Waals surface area contributed by atoms with E-state index in [0.717, 1.165) is 12.1 Å². The number of aromatic hydroxyl groups is 1. The van der Waals surface area contributed by atoms with Gasteiger partial charge in [0, 0.05) is 26.2 Å². The molecule has 122 valence electrons. The zero-order valence-electron chi connectivity index (χ0n) is 12.4. The van der Waals surface area contributed by atoms with Crippen LogP contribution in [0.3, 0.4) is 0 Å². The molecule has 0 aromatic heterocycles. The zero-order chi connectivity index (χ0) is 16.4. The van der Waals surface area contributed by atoms with Gasteiger partial charge in [0.2, 0.25) is 10.0 Å². The number of anilines is 1. The smallest absolute Gasteiger partial charge is 0.243 e. The molecule has 1 fully saturated rings. The number of halogens is 1. The van der Waals surface area contributed by atoms with Gasteiger partial charge in [0.1, 0.15) is 11.6 Å². The largest absolute Gasteiger partial charge is 0.506 e. The van der Waals surface area contributed by atoms with E-state index in [1.54, 1.807) is 18.2 Å². The maximum absolute atomic E-state index is 13.0. The average molecular weight is 336 g/mol. The van der Waals surface area contributed by atoms with E-state index in [-0.39, 0.29) is 10.6 Å². The second-order valence-corrected chi connectivity index (χ2v) is 7.27. The minimum Gasteiger partial charge on any atom is -0.506 e.